The number of ketones is 1. The zero-order valence-corrected chi connectivity index (χ0v) is 15.4. The van der Waals surface area contributed by atoms with Crippen LogP contribution in [-0.2, 0) is 10.5 Å². The maximum absolute atomic E-state index is 12.9. The number of Topliss-reactive ketones (excluding diaryl/α,β-unsaturated/α-hetero) is 1. The van der Waals surface area contributed by atoms with Gasteiger partial charge < -0.3 is 4.74 Å². The summed E-state index contributed by atoms with van der Waals surface area (Å²) in [7, 11) is 0. The Balaban J connectivity index is 1.60. The molecule has 3 rings (SSSR count). The van der Waals surface area contributed by atoms with E-state index in [0.717, 1.165) is 22.2 Å². The van der Waals surface area contributed by atoms with Gasteiger partial charge in [0, 0.05) is 17.1 Å². The Kier molecular flexibility index (Phi) is 6.46. The van der Waals surface area contributed by atoms with Gasteiger partial charge in [0.1, 0.15) is 10.2 Å². The molecule has 134 valence electrons. The molecule has 26 heavy (non-hydrogen) atoms. The van der Waals surface area contributed by atoms with E-state index in [1.807, 2.05) is 12.1 Å². The lowest BCUT2D eigenvalue weighted by atomic mass is 10.1. The zero-order valence-electron chi connectivity index (χ0n) is 13.8. The lowest BCUT2D eigenvalue weighted by molar-refractivity contribution is 0.0474. The van der Waals surface area contributed by atoms with E-state index in [1.165, 1.54) is 24.3 Å². The van der Waals surface area contributed by atoms with Crippen LogP contribution in [0.25, 0.3) is 0 Å². The average molecular weight is 389 g/mol. The van der Waals surface area contributed by atoms with Crippen molar-refractivity contribution in [1.82, 2.24) is 0 Å². The first kappa shape index (κ1) is 18.7. The van der Waals surface area contributed by atoms with Gasteiger partial charge in [-0.3, -0.25) is 9.79 Å². The molecule has 0 amide bonds. The molecule has 0 unspecified atom stereocenters. The lowest BCUT2D eigenvalue weighted by Gasteiger charge is -2.09. The van der Waals surface area contributed by atoms with Crippen molar-refractivity contribution < 1.29 is 18.7 Å². The van der Waals surface area contributed by atoms with Crippen LogP contribution in [0.5, 0.6) is 0 Å². The summed E-state index contributed by atoms with van der Waals surface area (Å²) in [6.45, 7) is 0.455. The summed E-state index contributed by atoms with van der Waals surface area (Å²) in [5.74, 6) is 0.273. The van der Waals surface area contributed by atoms with E-state index >= 15 is 0 Å². The van der Waals surface area contributed by atoms with Crippen molar-refractivity contribution in [3.63, 3.8) is 0 Å². The number of benzene rings is 2. The van der Waals surface area contributed by atoms with Crippen LogP contribution in [0.1, 0.15) is 26.3 Å². The quantitative estimate of drug-likeness (QED) is 0.547. The van der Waals surface area contributed by atoms with Gasteiger partial charge >= 0.3 is 5.97 Å². The van der Waals surface area contributed by atoms with Crippen LogP contribution in [0, 0.1) is 5.82 Å². The Morgan fingerprint density at radius 3 is 2.65 bits per heavy atom. The average Bonchev–Trinajstić information content (AvgIpc) is 3.18. The Labute approximate surface area is 159 Å². The van der Waals surface area contributed by atoms with Gasteiger partial charge in [0.25, 0.3) is 0 Å². The smallest absolute Gasteiger partial charge is 0.338 e. The molecule has 2 aromatic rings. The number of hydrogen-bond acceptors (Lipinski definition) is 6. The van der Waals surface area contributed by atoms with Crippen LogP contribution in [0.3, 0.4) is 0 Å². The molecule has 1 aliphatic rings. The molecule has 4 nitrogen and oxygen atoms in total. The van der Waals surface area contributed by atoms with Crippen LogP contribution in [0.15, 0.2) is 53.5 Å². The fourth-order valence-electron chi connectivity index (χ4n) is 2.32. The highest BCUT2D eigenvalue weighted by Crippen LogP contribution is 2.26. The van der Waals surface area contributed by atoms with Crippen LogP contribution in [0.4, 0.5) is 4.39 Å². The highest BCUT2D eigenvalue weighted by molar-refractivity contribution is 8.38. The minimum Gasteiger partial charge on any atom is -0.454 e. The summed E-state index contributed by atoms with van der Waals surface area (Å²) in [5.41, 5.74) is 1.58. The number of nitrogens with zero attached hydrogens (tertiary/aromatic N) is 1. The fraction of sp³-hybridized carbons (Fsp3) is 0.211. The monoisotopic (exact) mass is 389 g/mol. The normalized spacial score (nSPS) is 13.3. The van der Waals surface area contributed by atoms with E-state index in [2.05, 4.69) is 4.99 Å². The summed E-state index contributed by atoms with van der Waals surface area (Å²) in [6, 6.07) is 12.3. The topological polar surface area (TPSA) is 55.7 Å². The molecule has 0 bridgehead atoms. The predicted octanol–water partition coefficient (Wildman–Crippen LogP) is 4.20. The Morgan fingerprint density at radius 1 is 1.15 bits per heavy atom. The van der Waals surface area contributed by atoms with Crippen molar-refractivity contribution in [1.29, 1.82) is 0 Å². The van der Waals surface area contributed by atoms with Gasteiger partial charge in [-0.15, -0.1) is 0 Å². The summed E-state index contributed by atoms with van der Waals surface area (Å²) in [5, 5.41) is 0. The van der Waals surface area contributed by atoms with E-state index in [-0.39, 0.29) is 12.4 Å². The molecule has 0 aliphatic carbocycles. The number of hydrogen-bond donors (Lipinski definition) is 0. The molecule has 1 heterocycles. The molecule has 7 heteroatoms. The zero-order chi connectivity index (χ0) is 18.4. The van der Waals surface area contributed by atoms with Gasteiger partial charge in [0.15, 0.2) is 12.4 Å². The molecule has 0 radical (unpaired) electrons. The number of thioether (sulfide) groups is 2. The standard InChI is InChI=1S/C19H16FNO3S2/c20-15-7-5-13(6-8-15)17(22)11-24-18(23)16-4-2-1-3-14(16)12-26-19-21-9-10-25-19/h1-8H,9-12H2. The second-order valence-electron chi connectivity index (χ2n) is 5.45. The molecule has 2 aromatic carbocycles. The minimum absolute atomic E-state index is 0.305. The Hall–Kier alpha value is -2.12. The number of ether oxygens (including phenoxy) is 1. The van der Waals surface area contributed by atoms with Crippen molar-refractivity contribution >= 4 is 39.7 Å². The molecular weight excluding hydrogens is 373 g/mol. The number of carbonyl (C=O) groups excluding carboxylic acids is 2. The largest absolute Gasteiger partial charge is 0.454 e. The van der Waals surface area contributed by atoms with E-state index in [9.17, 15) is 14.0 Å². The maximum Gasteiger partial charge on any atom is 0.338 e. The number of aliphatic imine (C=N–C) groups is 1. The Bertz CT molecular complexity index is 837. The fourth-order valence-corrected chi connectivity index (χ4v) is 4.33. The third-order valence-electron chi connectivity index (χ3n) is 3.65. The third kappa shape index (κ3) is 4.95. The van der Waals surface area contributed by atoms with Crippen molar-refractivity contribution in [3.8, 4) is 0 Å². The number of rotatable bonds is 6. The summed E-state index contributed by atoms with van der Waals surface area (Å²) in [4.78, 5) is 28.8. The molecule has 0 spiro atoms. The molecule has 0 fully saturated rings. The number of esters is 1. The minimum atomic E-state index is -0.544. The van der Waals surface area contributed by atoms with E-state index in [1.54, 1.807) is 35.7 Å². The molecule has 0 atom stereocenters. The second-order valence-corrected chi connectivity index (χ2v) is 7.75. The van der Waals surface area contributed by atoms with E-state index in [4.69, 9.17) is 4.74 Å². The number of carbonyl (C=O) groups is 2. The summed E-state index contributed by atoms with van der Waals surface area (Å²) < 4.78 is 19.1. The highest BCUT2D eigenvalue weighted by Gasteiger charge is 2.16. The highest BCUT2D eigenvalue weighted by atomic mass is 32.2. The van der Waals surface area contributed by atoms with Gasteiger partial charge in [-0.1, -0.05) is 41.7 Å². The van der Waals surface area contributed by atoms with Crippen LogP contribution >= 0.6 is 23.5 Å². The lowest BCUT2D eigenvalue weighted by Crippen LogP contribution is -2.15. The van der Waals surface area contributed by atoms with Gasteiger partial charge in [0.2, 0.25) is 0 Å². The SMILES string of the molecule is O=C(COC(=O)c1ccccc1CSC1=NCCS1)c1ccc(F)cc1. The predicted molar refractivity (Wildman–Crippen MR) is 104 cm³/mol. The summed E-state index contributed by atoms with van der Waals surface area (Å²) in [6.07, 6.45) is 0. The van der Waals surface area contributed by atoms with Crippen molar-refractivity contribution in [2.75, 3.05) is 18.9 Å². The van der Waals surface area contributed by atoms with Crippen LogP contribution in [0.2, 0.25) is 0 Å². The van der Waals surface area contributed by atoms with Crippen LogP contribution < -0.4 is 0 Å². The molecular formula is C19H16FNO3S2. The first-order valence-corrected chi connectivity index (χ1v) is 9.94. The molecule has 0 saturated heterocycles. The van der Waals surface area contributed by atoms with Gasteiger partial charge in [-0.25, -0.2) is 9.18 Å². The number of halogens is 1. The van der Waals surface area contributed by atoms with Crippen LogP contribution in [-0.4, -0.2) is 35.0 Å². The van der Waals surface area contributed by atoms with Gasteiger partial charge in [-0.05, 0) is 35.9 Å². The molecule has 0 saturated carbocycles. The van der Waals surface area contributed by atoms with Crippen molar-refractivity contribution in [2.45, 2.75) is 5.75 Å². The third-order valence-corrected chi connectivity index (χ3v) is 5.95. The Morgan fingerprint density at radius 2 is 1.92 bits per heavy atom. The molecule has 0 N–H and O–H groups in total. The second kappa shape index (κ2) is 9.00. The van der Waals surface area contributed by atoms with Gasteiger partial charge in [-0.2, -0.15) is 0 Å². The summed E-state index contributed by atoms with van der Waals surface area (Å²) >= 11 is 3.31. The molecule has 0 aromatic heterocycles. The van der Waals surface area contributed by atoms with Crippen molar-refractivity contribution in [2.24, 2.45) is 4.99 Å². The first-order valence-electron chi connectivity index (χ1n) is 7.97. The van der Waals surface area contributed by atoms with Gasteiger partial charge in [0.05, 0.1) is 12.1 Å². The van der Waals surface area contributed by atoms with Crippen molar-refractivity contribution in [3.05, 3.63) is 71.0 Å². The maximum atomic E-state index is 12.9. The molecule has 1 aliphatic heterocycles. The first-order chi connectivity index (χ1) is 12.6. The van der Waals surface area contributed by atoms with E-state index < -0.39 is 11.8 Å². The van der Waals surface area contributed by atoms with E-state index in [0.29, 0.717) is 16.9 Å².